The number of ketones is 1. The molecule has 0 bridgehead atoms. The highest BCUT2D eigenvalue weighted by atomic mass is 16.6. The summed E-state index contributed by atoms with van der Waals surface area (Å²) in [5.41, 5.74) is 2.29. The van der Waals surface area contributed by atoms with E-state index in [2.05, 4.69) is 47.6 Å². The summed E-state index contributed by atoms with van der Waals surface area (Å²) in [6.45, 7) is 18.7. The van der Waals surface area contributed by atoms with E-state index in [1.54, 1.807) is 5.57 Å². The average Bonchev–Trinajstić information content (AvgIpc) is 3.26. The quantitative estimate of drug-likeness (QED) is 0.377. The molecule has 33 heavy (non-hydrogen) atoms. The van der Waals surface area contributed by atoms with E-state index in [4.69, 9.17) is 4.74 Å². The molecule has 0 aromatic carbocycles. The maximum absolute atomic E-state index is 12.9. The molecular formula is C30H48O3. The van der Waals surface area contributed by atoms with Crippen molar-refractivity contribution in [2.24, 2.45) is 45.3 Å². The second-order valence-electron chi connectivity index (χ2n) is 14.6. The molecule has 0 spiro atoms. The molecule has 3 nitrogen and oxygen atoms in total. The monoisotopic (exact) mass is 456 g/mol. The molecule has 4 fully saturated rings. The Morgan fingerprint density at radius 3 is 2.36 bits per heavy atom. The molecule has 1 aliphatic heterocycles. The highest BCUT2D eigenvalue weighted by Gasteiger charge is 2.65. The molecule has 3 heteroatoms. The Bertz CT molecular complexity index is 870. The second kappa shape index (κ2) is 7.19. The van der Waals surface area contributed by atoms with Crippen LogP contribution in [0.1, 0.15) is 107 Å². The molecule has 0 unspecified atom stereocenters. The van der Waals surface area contributed by atoms with E-state index in [9.17, 15) is 9.90 Å². The van der Waals surface area contributed by atoms with Crippen LogP contribution in [0.3, 0.4) is 0 Å². The van der Waals surface area contributed by atoms with Crippen molar-refractivity contribution in [2.45, 2.75) is 125 Å². The first kappa shape index (κ1) is 24.0. The molecule has 9 atom stereocenters. The Kier molecular flexibility index (Phi) is 5.24. The van der Waals surface area contributed by atoms with Gasteiger partial charge >= 0.3 is 0 Å². The van der Waals surface area contributed by atoms with Crippen molar-refractivity contribution in [3.8, 4) is 0 Å². The Morgan fingerprint density at radius 2 is 1.73 bits per heavy atom. The first-order valence-corrected chi connectivity index (χ1v) is 13.8. The van der Waals surface area contributed by atoms with Crippen LogP contribution in [-0.4, -0.2) is 28.7 Å². The van der Waals surface area contributed by atoms with Crippen LogP contribution >= 0.6 is 0 Å². The van der Waals surface area contributed by atoms with Crippen molar-refractivity contribution in [1.29, 1.82) is 0 Å². The van der Waals surface area contributed by atoms with Gasteiger partial charge in [-0.15, -0.1) is 0 Å². The third-order valence-electron chi connectivity index (χ3n) is 12.4. The number of fused-ring (bicyclic) bond motifs is 5. The van der Waals surface area contributed by atoms with E-state index in [1.165, 1.54) is 25.7 Å². The zero-order valence-electron chi connectivity index (χ0n) is 22.5. The number of carbonyl (C=O) groups is 1. The SMILES string of the molecule is C[C@@H](CC(=O)[C@H]1OC1(C)C)[C@@H]1CC[C@]2(C)C3=CC[C@H]4C(C)(C)[C@@H](O)CC[C@]4(C)[C@H]3CC[C@@]12C. The van der Waals surface area contributed by atoms with E-state index < -0.39 is 0 Å². The predicted octanol–water partition coefficient (Wildman–Crippen LogP) is 6.73. The molecular weight excluding hydrogens is 408 g/mol. The fraction of sp³-hybridized carbons (Fsp3) is 0.900. The van der Waals surface area contributed by atoms with Crippen LogP contribution in [0.5, 0.6) is 0 Å². The fourth-order valence-corrected chi connectivity index (χ4v) is 9.94. The van der Waals surface area contributed by atoms with E-state index in [0.29, 0.717) is 41.3 Å². The highest BCUT2D eigenvalue weighted by molar-refractivity contribution is 5.86. The number of ether oxygens (including phenoxy) is 1. The van der Waals surface area contributed by atoms with Gasteiger partial charge in [-0.2, -0.15) is 0 Å². The second-order valence-corrected chi connectivity index (χ2v) is 14.6. The number of hydrogen-bond donors (Lipinski definition) is 1. The molecule has 186 valence electrons. The summed E-state index contributed by atoms with van der Waals surface area (Å²) < 4.78 is 5.66. The van der Waals surface area contributed by atoms with E-state index in [-0.39, 0.29) is 34.1 Å². The van der Waals surface area contributed by atoms with Gasteiger partial charge in [0.1, 0.15) is 6.10 Å². The molecule has 1 saturated heterocycles. The van der Waals surface area contributed by atoms with Gasteiger partial charge in [-0.05, 0) is 104 Å². The lowest BCUT2D eigenvalue weighted by Gasteiger charge is -2.64. The lowest BCUT2D eigenvalue weighted by atomic mass is 9.41. The van der Waals surface area contributed by atoms with Gasteiger partial charge in [-0.1, -0.05) is 53.2 Å². The minimum absolute atomic E-state index is 0.0115. The maximum Gasteiger partial charge on any atom is 0.164 e. The van der Waals surface area contributed by atoms with Crippen molar-refractivity contribution in [3.05, 3.63) is 11.6 Å². The number of allylic oxidation sites excluding steroid dienone is 2. The molecule has 5 aliphatic rings. The zero-order chi connectivity index (χ0) is 24.2. The number of aliphatic hydroxyl groups excluding tert-OH is 1. The summed E-state index contributed by atoms with van der Waals surface area (Å²) in [5, 5.41) is 10.8. The third kappa shape index (κ3) is 3.16. The summed E-state index contributed by atoms with van der Waals surface area (Å²) in [5.74, 6) is 2.54. The number of rotatable bonds is 4. The van der Waals surface area contributed by atoms with Crippen LogP contribution < -0.4 is 0 Å². The van der Waals surface area contributed by atoms with Crippen LogP contribution in [0.4, 0.5) is 0 Å². The van der Waals surface area contributed by atoms with E-state index >= 15 is 0 Å². The number of hydrogen-bond acceptors (Lipinski definition) is 3. The van der Waals surface area contributed by atoms with Crippen molar-refractivity contribution in [1.82, 2.24) is 0 Å². The zero-order valence-corrected chi connectivity index (χ0v) is 22.5. The van der Waals surface area contributed by atoms with Crippen LogP contribution in [-0.2, 0) is 9.53 Å². The first-order valence-electron chi connectivity index (χ1n) is 13.8. The summed E-state index contributed by atoms with van der Waals surface area (Å²) in [7, 11) is 0. The van der Waals surface area contributed by atoms with Gasteiger partial charge in [-0.3, -0.25) is 4.79 Å². The summed E-state index contributed by atoms with van der Waals surface area (Å²) in [4.78, 5) is 12.9. The summed E-state index contributed by atoms with van der Waals surface area (Å²) in [6.07, 6.45) is 11.2. The molecule has 0 aromatic rings. The molecule has 1 N–H and O–H groups in total. The molecule has 1 heterocycles. The molecule has 0 amide bonds. The van der Waals surface area contributed by atoms with Crippen molar-refractivity contribution >= 4 is 5.78 Å². The Hall–Kier alpha value is -0.670. The van der Waals surface area contributed by atoms with Crippen LogP contribution in [0.2, 0.25) is 0 Å². The minimum Gasteiger partial charge on any atom is -0.393 e. The molecule has 5 rings (SSSR count). The molecule has 3 saturated carbocycles. The van der Waals surface area contributed by atoms with Crippen LogP contribution in [0.25, 0.3) is 0 Å². The molecule has 0 aromatic heterocycles. The van der Waals surface area contributed by atoms with Gasteiger partial charge < -0.3 is 9.84 Å². The largest absolute Gasteiger partial charge is 0.393 e. The Morgan fingerprint density at radius 1 is 1.06 bits per heavy atom. The average molecular weight is 457 g/mol. The van der Waals surface area contributed by atoms with Gasteiger partial charge in [-0.25, -0.2) is 0 Å². The van der Waals surface area contributed by atoms with E-state index in [0.717, 1.165) is 19.3 Å². The first-order chi connectivity index (χ1) is 15.2. The lowest BCUT2D eigenvalue weighted by molar-refractivity contribution is -0.132. The molecule has 4 aliphatic carbocycles. The van der Waals surface area contributed by atoms with Gasteiger partial charge in [0.15, 0.2) is 5.78 Å². The van der Waals surface area contributed by atoms with Gasteiger partial charge in [0.2, 0.25) is 0 Å². The normalized spacial score (nSPS) is 50.5. The highest BCUT2D eigenvalue weighted by Crippen LogP contribution is 2.73. The number of Topliss-reactive ketones (excluding diaryl/α,β-unsaturated/α-hetero) is 1. The van der Waals surface area contributed by atoms with Crippen molar-refractivity contribution in [3.63, 3.8) is 0 Å². The number of epoxide rings is 1. The minimum atomic E-state index is -0.247. The fourth-order valence-electron chi connectivity index (χ4n) is 9.94. The Balaban J connectivity index is 1.41. The van der Waals surface area contributed by atoms with Crippen molar-refractivity contribution in [2.75, 3.05) is 0 Å². The lowest BCUT2D eigenvalue weighted by Crippen LogP contribution is -2.58. The third-order valence-corrected chi connectivity index (χ3v) is 12.4. The topological polar surface area (TPSA) is 49.8 Å². The van der Waals surface area contributed by atoms with Crippen LogP contribution in [0.15, 0.2) is 11.6 Å². The standard InChI is InChI=1S/C30H48O3/c1-18(17-22(31)25-27(4,5)33-25)19-11-15-30(8)21-9-10-23-26(2,3)24(32)13-14-28(23,6)20(21)12-16-29(19,30)7/h9,18-20,23-25,32H,10-17H2,1-8H3/t18-,19-,20-,23-,24-,25+,28+,29-,30+/m0/s1. The predicted molar refractivity (Wildman–Crippen MR) is 133 cm³/mol. The van der Waals surface area contributed by atoms with E-state index in [1.807, 2.05) is 13.8 Å². The number of carbonyl (C=O) groups excluding carboxylic acids is 1. The van der Waals surface area contributed by atoms with Gasteiger partial charge in [0.25, 0.3) is 0 Å². The number of aliphatic hydroxyl groups is 1. The Labute approximate surface area is 202 Å². The summed E-state index contributed by atoms with van der Waals surface area (Å²) >= 11 is 0. The van der Waals surface area contributed by atoms with Gasteiger partial charge in [0.05, 0.1) is 11.7 Å². The smallest absolute Gasteiger partial charge is 0.164 e. The van der Waals surface area contributed by atoms with Crippen LogP contribution in [0, 0.1) is 45.3 Å². The van der Waals surface area contributed by atoms with Gasteiger partial charge in [0, 0.05) is 6.42 Å². The summed E-state index contributed by atoms with van der Waals surface area (Å²) in [6, 6.07) is 0. The molecule has 0 radical (unpaired) electrons. The maximum atomic E-state index is 12.9. The van der Waals surface area contributed by atoms with Crippen molar-refractivity contribution < 1.29 is 14.6 Å².